The molecule has 0 saturated heterocycles. The third-order valence-electron chi connectivity index (χ3n) is 5.31. The van der Waals surface area contributed by atoms with E-state index in [1.807, 2.05) is 19.1 Å². The summed E-state index contributed by atoms with van der Waals surface area (Å²) >= 11 is 5.92. The molecule has 12 heteroatoms. The molecule has 0 N–H and O–H groups in total. The fourth-order valence-corrected chi connectivity index (χ4v) is 3.73. The molecule has 1 unspecified atom stereocenters. The summed E-state index contributed by atoms with van der Waals surface area (Å²) < 4.78 is 56.4. The topological polar surface area (TPSA) is 70.5 Å². The molecular formula is C23H21ClF4N6O. The predicted octanol–water partition coefficient (Wildman–Crippen LogP) is 5.29. The predicted molar refractivity (Wildman–Crippen MR) is 122 cm³/mol. The van der Waals surface area contributed by atoms with E-state index in [1.54, 1.807) is 36.4 Å². The molecule has 0 saturated carbocycles. The van der Waals surface area contributed by atoms with Crippen molar-refractivity contribution in [3.8, 4) is 17.1 Å². The van der Waals surface area contributed by atoms with Gasteiger partial charge >= 0.3 is 11.9 Å². The van der Waals surface area contributed by atoms with Crippen molar-refractivity contribution in [1.82, 2.24) is 29.1 Å². The zero-order chi connectivity index (χ0) is 25.3. The second-order valence-corrected chi connectivity index (χ2v) is 8.42. The molecule has 35 heavy (non-hydrogen) atoms. The van der Waals surface area contributed by atoms with Crippen LogP contribution in [-0.4, -0.2) is 35.3 Å². The van der Waals surface area contributed by atoms with E-state index < -0.39 is 31.0 Å². The van der Waals surface area contributed by atoms with Crippen molar-refractivity contribution >= 4 is 11.6 Å². The van der Waals surface area contributed by atoms with Gasteiger partial charge in [0, 0.05) is 17.1 Å². The monoisotopic (exact) mass is 508 g/mol. The maximum absolute atomic E-state index is 14.3. The minimum absolute atomic E-state index is 0.0387. The zero-order valence-corrected chi connectivity index (χ0v) is 19.6. The van der Waals surface area contributed by atoms with Crippen molar-refractivity contribution in [3.63, 3.8) is 0 Å². The Morgan fingerprint density at radius 2 is 1.74 bits per heavy atom. The number of halogens is 5. The molecule has 0 spiro atoms. The van der Waals surface area contributed by atoms with Crippen LogP contribution in [0.15, 0.2) is 53.3 Å². The third kappa shape index (κ3) is 5.45. The number of nitrogens with zero attached hydrogens (tertiary/aromatic N) is 6. The maximum atomic E-state index is 14.3. The highest BCUT2D eigenvalue weighted by Crippen LogP contribution is 2.24. The lowest BCUT2D eigenvalue weighted by molar-refractivity contribution is -0.136. The molecule has 2 aromatic carbocycles. The Kier molecular flexibility index (Phi) is 6.79. The second kappa shape index (κ2) is 9.65. The van der Waals surface area contributed by atoms with Crippen LogP contribution < -0.4 is 5.69 Å². The summed E-state index contributed by atoms with van der Waals surface area (Å²) in [5, 5.41) is 9.05. The highest BCUT2D eigenvalue weighted by Gasteiger charge is 2.29. The normalized spacial score (nSPS) is 12.8. The number of para-hydroxylation sites is 1. The van der Waals surface area contributed by atoms with Crippen LogP contribution in [0.25, 0.3) is 17.1 Å². The molecule has 1 atom stereocenters. The van der Waals surface area contributed by atoms with Gasteiger partial charge in [-0.3, -0.25) is 4.57 Å². The maximum Gasteiger partial charge on any atom is 0.390 e. The molecule has 0 fully saturated rings. The smallest absolute Gasteiger partial charge is 0.275 e. The number of hydrogen-bond acceptors (Lipinski definition) is 4. The summed E-state index contributed by atoms with van der Waals surface area (Å²) in [7, 11) is 0. The largest absolute Gasteiger partial charge is 0.390 e. The lowest BCUT2D eigenvalue weighted by Crippen LogP contribution is -2.27. The van der Waals surface area contributed by atoms with Crippen LogP contribution in [0.3, 0.4) is 0 Å². The minimum atomic E-state index is -4.46. The molecule has 2 aromatic heterocycles. The molecule has 0 aliphatic carbocycles. The number of aromatic nitrogens is 6. The van der Waals surface area contributed by atoms with E-state index in [-0.39, 0.29) is 24.0 Å². The van der Waals surface area contributed by atoms with Gasteiger partial charge in [0.25, 0.3) is 0 Å². The van der Waals surface area contributed by atoms with Crippen molar-refractivity contribution in [2.24, 2.45) is 0 Å². The zero-order valence-electron chi connectivity index (χ0n) is 18.8. The second-order valence-electron chi connectivity index (χ2n) is 7.99. The van der Waals surface area contributed by atoms with Gasteiger partial charge in [0.15, 0.2) is 23.6 Å². The van der Waals surface area contributed by atoms with E-state index in [2.05, 4.69) is 15.2 Å². The van der Waals surface area contributed by atoms with E-state index in [0.29, 0.717) is 16.3 Å². The first kappa shape index (κ1) is 24.6. The van der Waals surface area contributed by atoms with Crippen molar-refractivity contribution in [1.29, 1.82) is 0 Å². The molecule has 0 aliphatic rings. The summed E-state index contributed by atoms with van der Waals surface area (Å²) in [6, 6.07) is 13.4. The average molecular weight is 509 g/mol. The number of aryl methyl sites for hydroxylation is 1. The van der Waals surface area contributed by atoms with Gasteiger partial charge in [-0.2, -0.15) is 13.2 Å². The summed E-state index contributed by atoms with van der Waals surface area (Å²) in [6.45, 7) is 2.29. The first-order chi connectivity index (χ1) is 16.5. The van der Waals surface area contributed by atoms with Crippen LogP contribution in [0.5, 0.6) is 0 Å². The van der Waals surface area contributed by atoms with Crippen LogP contribution in [0.2, 0.25) is 5.02 Å². The van der Waals surface area contributed by atoms with Crippen LogP contribution in [0.1, 0.15) is 36.7 Å². The fourth-order valence-electron chi connectivity index (χ4n) is 3.60. The first-order valence-corrected chi connectivity index (χ1v) is 11.1. The van der Waals surface area contributed by atoms with Gasteiger partial charge in [0.05, 0.1) is 12.1 Å². The van der Waals surface area contributed by atoms with Crippen molar-refractivity contribution < 1.29 is 17.6 Å². The van der Waals surface area contributed by atoms with Gasteiger partial charge in [0.1, 0.15) is 6.54 Å². The highest BCUT2D eigenvalue weighted by molar-refractivity contribution is 6.30. The van der Waals surface area contributed by atoms with Gasteiger partial charge in [-0.1, -0.05) is 29.8 Å². The lowest BCUT2D eigenvalue weighted by Gasteiger charge is -2.08. The van der Waals surface area contributed by atoms with Gasteiger partial charge in [-0.05, 0) is 49.7 Å². The van der Waals surface area contributed by atoms with E-state index in [9.17, 15) is 22.4 Å². The molecular weight excluding hydrogens is 488 g/mol. The molecule has 4 aromatic rings. The molecule has 0 aliphatic heterocycles. The Bertz CT molecular complexity index is 1390. The molecule has 0 radical (unpaired) electrons. The van der Waals surface area contributed by atoms with Gasteiger partial charge < -0.3 is 0 Å². The molecule has 184 valence electrons. The molecule has 7 nitrogen and oxygen atoms in total. The van der Waals surface area contributed by atoms with E-state index in [1.165, 1.54) is 11.6 Å². The fraction of sp³-hybridized carbons (Fsp3) is 0.304. The van der Waals surface area contributed by atoms with Gasteiger partial charge in [0.2, 0.25) is 0 Å². The van der Waals surface area contributed by atoms with E-state index >= 15 is 0 Å². The summed E-state index contributed by atoms with van der Waals surface area (Å²) in [5.74, 6) is 0.183. The Morgan fingerprint density at radius 3 is 2.37 bits per heavy atom. The van der Waals surface area contributed by atoms with Crippen LogP contribution >= 0.6 is 11.6 Å². The highest BCUT2D eigenvalue weighted by atomic mass is 35.5. The van der Waals surface area contributed by atoms with Gasteiger partial charge in [-0.25, -0.2) is 23.5 Å². The van der Waals surface area contributed by atoms with Crippen molar-refractivity contribution in [2.45, 2.75) is 45.7 Å². The quantitative estimate of drug-likeness (QED) is 0.318. The van der Waals surface area contributed by atoms with Crippen molar-refractivity contribution in [3.05, 3.63) is 81.3 Å². The molecule has 2 heterocycles. The lowest BCUT2D eigenvalue weighted by atomic mass is 10.2. The number of rotatable bonds is 7. The number of alkyl halides is 4. The van der Waals surface area contributed by atoms with Gasteiger partial charge in [-0.15, -0.1) is 10.2 Å². The van der Waals surface area contributed by atoms with E-state index in [4.69, 9.17) is 11.6 Å². The third-order valence-corrected chi connectivity index (χ3v) is 5.56. The van der Waals surface area contributed by atoms with Crippen molar-refractivity contribution in [2.75, 3.05) is 0 Å². The van der Waals surface area contributed by atoms with Crippen LogP contribution in [-0.2, 0) is 13.1 Å². The summed E-state index contributed by atoms with van der Waals surface area (Å²) in [4.78, 5) is 17.3. The Balaban J connectivity index is 1.75. The summed E-state index contributed by atoms with van der Waals surface area (Å²) in [5.41, 5.74) is 1.12. The van der Waals surface area contributed by atoms with Crippen LogP contribution in [0, 0.1) is 6.92 Å². The molecule has 0 amide bonds. The number of benzene rings is 2. The Hall–Kier alpha value is -3.47. The standard InChI is InChI=1S/C23H21ClF4N6O/c1-14-5-3-4-6-18(14)34-20(15(2)25)29-19(30-34)13-33-22(35)32(12-11-23(26,27)28)21(31-33)16-7-9-17(24)10-8-16/h3-10,15H,11-13H2,1-2H3. The Labute approximate surface area is 202 Å². The van der Waals surface area contributed by atoms with E-state index in [0.717, 1.165) is 14.8 Å². The molecule has 4 rings (SSSR count). The average Bonchev–Trinajstić information content (AvgIpc) is 3.34. The SMILES string of the molecule is Cc1ccccc1-n1nc(Cn2nc(-c3ccc(Cl)cc3)n(CCC(F)(F)F)c2=O)nc1C(C)F. The Morgan fingerprint density at radius 1 is 1.06 bits per heavy atom. The number of hydrogen-bond donors (Lipinski definition) is 0. The first-order valence-electron chi connectivity index (χ1n) is 10.7. The van der Waals surface area contributed by atoms with Crippen LogP contribution in [0.4, 0.5) is 17.6 Å². The summed E-state index contributed by atoms with van der Waals surface area (Å²) in [6.07, 6.45) is -7.12. The minimum Gasteiger partial charge on any atom is -0.275 e. The molecule has 0 bridgehead atoms.